The lowest BCUT2D eigenvalue weighted by Crippen LogP contribution is -2.32. The molecular formula is C24H26N4OS2. The first-order valence-corrected chi connectivity index (χ1v) is 11.7. The zero-order chi connectivity index (χ0) is 21.8. The van der Waals surface area contributed by atoms with E-state index in [1.807, 2.05) is 42.5 Å². The van der Waals surface area contributed by atoms with Gasteiger partial charge < -0.3 is 15.5 Å². The molecular weight excluding hydrogens is 424 g/mol. The maximum atomic E-state index is 12.7. The van der Waals surface area contributed by atoms with Gasteiger partial charge in [0.15, 0.2) is 5.11 Å². The van der Waals surface area contributed by atoms with Crippen LogP contribution in [0.15, 0.2) is 60.8 Å². The lowest BCUT2D eigenvalue weighted by molar-refractivity contribution is -0.116. The van der Waals surface area contributed by atoms with E-state index in [0.717, 1.165) is 23.4 Å². The van der Waals surface area contributed by atoms with Crippen LogP contribution in [0.5, 0.6) is 0 Å². The van der Waals surface area contributed by atoms with Crippen LogP contribution in [0, 0.1) is 6.92 Å². The van der Waals surface area contributed by atoms with Crippen molar-refractivity contribution in [3.05, 3.63) is 81.8 Å². The summed E-state index contributed by atoms with van der Waals surface area (Å²) in [4.78, 5) is 21.9. The van der Waals surface area contributed by atoms with Gasteiger partial charge in [0.25, 0.3) is 0 Å². The summed E-state index contributed by atoms with van der Waals surface area (Å²) in [5, 5.41) is 7.16. The second-order valence-corrected chi connectivity index (χ2v) is 9.28. The molecule has 3 aromatic rings. The van der Waals surface area contributed by atoms with Crippen LogP contribution in [0.25, 0.3) is 0 Å². The minimum absolute atomic E-state index is 0.00824. The number of hydrogen-bond donors (Lipinski definition) is 2. The van der Waals surface area contributed by atoms with Gasteiger partial charge in [-0.2, -0.15) is 0 Å². The number of anilines is 1. The summed E-state index contributed by atoms with van der Waals surface area (Å²) >= 11 is 7.44. The highest BCUT2D eigenvalue weighted by Gasteiger charge is 2.40. The number of rotatable bonds is 7. The van der Waals surface area contributed by atoms with Gasteiger partial charge in [-0.25, -0.2) is 0 Å². The SMILES string of the molecule is CCc1ccccc1NC(=O)CCN1C(=S)N[C@@H](c2ccccn2)[C@H]1c1ccc(C)s1. The molecule has 1 aliphatic heterocycles. The molecule has 1 aliphatic rings. The Hall–Kier alpha value is -2.77. The molecule has 0 unspecified atom stereocenters. The Balaban J connectivity index is 1.52. The van der Waals surface area contributed by atoms with Gasteiger partial charge in [0.1, 0.15) is 0 Å². The normalized spacial score (nSPS) is 18.1. The van der Waals surface area contributed by atoms with Crippen molar-refractivity contribution in [3.63, 3.8) is 0 Å². The number of carbonyl (C=O) groups is 1. The Bertz CT molecular complexity index is 1070. The number of pyridine rings is 1. The van der Waals surface area contributed by atoms with Gasteiger partial charge in [-0.3, -0.25) is 9.78 Å². The van der Waals surface area contributed by atoms with E-state index in [1.165, 1.54) is 9.75 Å². The molecule has 5 nitrogen and oxygen atoms in total. The first kappa shape index (κ1) is 21.5. The average molecular weight is 451 g/mol. The van der Waals surface area contributed by atoms with Crippen molar-refractivity contribution < 1.29 is 4.79 Å². The molecule has 2 aromatic heterocycles. The van der Waals surface area contributed by atoms with E-state index in [1.54, 1.807) is 17.5 Å². The largest absolute Gasteiger partial charge is 0.352 e. The molecule has 1 amide bonds. The third-order valence-electron chi connectivity index (χ3n) is 5.50. The highest BCUT2D eigenvalue weighted by molar-refractivity contribution is 7.80. The summed E-state index contributed by atoms with van der Waals surface area (Å²) < 4.78 is 0. The van der Waals surface area contributed by atoms with E-state index in [9.17, 15) is 4.79 Å². The van der Waals surface area contributed by atoms with Crippen LogP contribution in [0.3, 0.4) is 0 Å². The molecule has 0 radical (unpaired) electrons. The summed E-state index contributed by atoms with van der Waals surface area (Å²) in [6, 6.07) is 18.1. The van der Waals surface area contributed by atoms with Crippen molar-refractivity contribution in [2.45, 2.75) is 38.8 Å². The number of hydrogen-bond acceptors (Lipinski definition) is 4. The number of amides is 1. The minimum atomic E-state index is -0.0457. The Morgan fingerprint density at radius 1 is 1.19 bits per heavy atom. The number of benzene rings is 1. The highest BCUT2D eigenvalue weighted by atomic mass is 32.1. The standard InChI is InChI=1S/C24H26N4OS2/c1-3-17-8-4-5-9-18(17)26-21(29)13-15-28-23(20-12-11-16(2)31-20)22(27-24(28)30)19-10-6-7-14-25-19/h4-12,14,22-23H,3,13,15H2,1-2H3,(H,26,29)(H,27,30)/t22-,23+/m0/s1. The smallest absolute Gasteiger partial charge is 0.226 e. The molecule has 0 saturated carbocycles. The van der Waals surface area contributed by atoms with Gasteiger partial charge >= 0.3 is 0 Å². The average Bonchev–Trinajstić information content (AvgIpc) is 3.35. The number of thiophene rings is 1. The molecule has 31 heavy (non-hydrogen) atoms. The second-order valence-electron chi connectivity index (χ2n) is 7.58. The van der Waals surface area contributed by atoms with E-state index in [-0.39, 0.29) is 18.0 Å². The van der Waals surface area contributed by atoms with E-state index < -0.39 is 0 Å². The lowest BCUT2D eigenvalue weighted by Gasteiger charge is -2.26. The molecule has 1 fully saturated rings. The number of para-hydroxylation sites is 1. The van der Waals surface area contributed by atoms with Crippen LogP contribution in [0.1, 0.15) is 46.4 Å². The zero-order valence-corrected chi connectivity index (χ0v) is 19.3. The topological polar surface area (TPSA) is 57.3 Å². The van der Waals surface area contributed by atoms with E-state index in [4.69, 9.17) is 12.2 Å². The fourth-order valence-electron chi connectivity index (χ4n) is 3.95. The molecule has 4 rings (SSSR count). The molecule has 0 aliphatic carbocycles. The predicted molar refractivity (Wildman–Crippen MR) is 130 cm³/mol. The molecule has 0 bridgehead atoms. The highest BCUT2D eigenvalue weighted by Crippen LogP contribution is 2.41. The van der Waals surface area contributed by atoms with Crippen molar-refractivity contribution in [2.75, 3.05) is 11.9 Å². The number of nitrogens with one attached hydrogen (secondary N) is 2. The number of carbonyl (C=O) groups excluding carboxylic acids is 1. The Morgan fingerprint density at radius 3 is 2.71 bits per heavy atom. The third-order valence-corrected chi connectivity index (χ3v) is 6.93. The molecule has 7 heteroatoms. The molecule has 3 heterocycles. The second kappa shape index (κ2) is 9.58. The molecule has 1 saturated heterocycles. The van der Waals surface area contributed by atoms with Gasteiger partial charge in [0.2, 0.25) is 5.91 Å². The van der Waals surface area contributed by atoms with Gasteiger partial charge in [-0.1, -0.05) is 31.2 Å². The van der Waals surface area contributed by atoms with E-state index >= 15 is 0 Å². The third kappa shape index (κ3) is 4.78. The summed E-state index contributed by atoms with van der Waals surface area (Å²) in [6.07, 6.45) is 3.04. The Kier molecular flexibility index (Phi) is 6.63. The quantitative estimate of drug-likeness (QED) is 0.495. The van der Waals surface area contributed by atoms with Crippen molar-refractivity contribution in [1.29, 1.82) is 0 Å². The van der Waals surface area contributed by atoms with Crippen LogP contribution in [0.4, 0.5) is 5.69 Å². The lowest BCUT2D eigenvalue weighted by atomic mass is 10.0. The van der Waals surface area contributed by atoms with Gasteiger partial charge in [0.05, 0.1) is 17.8 Å². The van der Waals surface area contributed by atoms with Gasteiger partial charge in [-0.05, 0) is 61.5 Å². The number of thiocarbonyl (C=S) groups is 1. The molecule has 2 N–H and O–H groups in total. The van der Waals surface area contributed by atoms with Crippen LogP contribution in [0.2, 0.25) is 0 Å². The minimum Gasteiger partial charge on any atom is -0.352 e. The number of nitrogens with zero attached hydrogens (tertiary/aromatic N) is 2. The Morgan fingerprint density at radius 2 is 2.00 bits per heavy atom. The summed E-state index contributed by atoms with van der Waals surface area (Å²) in [5.74, 6) is -0.00824. The van der Waals surface area contributed by atoms with Gasteiger partial charge in [0, 0.05) is 34.6 Å². The van der Waals surface area contributed by atoms with Crippen LogP contribution in [-0.2, 0) is 11.2 Å². The number of aromatic nitrogens is 1. The summed E-state index contributed by atoms with van der Waals surface area (Å²) in [6.45, 7) is 4.73. The van der Waals surface area contributed by atoms with Crippen LogP contribution >= 0.6 is 23.6 Å². The van der Waals surface area contributed by atoms with E-state index in [0.29, 0.717) is 18.1 Å². The first-order chi connectivity index (χ1) is 15.1. The zero-order valence-electron chi connectivity index (χ0n) is 17.7. The molecule has 160 valence electrons. The maximum absolute atomic E-state index is 12.7. The van der Waals surface area contributed by atoms with Crippen molar-refractivity contribution in [2.24, 2.45) is 0 Å². The summed E-state index contributed by atoms with van der Waals surface area (Å²) in [5.41, 5.74) is 2.97. The molecule has 2 atom stereocenters. The monoisotopic (exact) mass is 450 g/mol. The van der Waals surface area contributed by atoms with Crippen molar-refractivity contribution in [1.82, 2.24) is 15.2 Å². The molecule has 1 aromatic carbocycles. The number of aryl methyl sites for hydroxylation is 2. The fraction of sp³-hybridized carbons (Fsp3) is 0.292. The summed E-state index contributed by atoms with van der Waals surface area (Å²) in [7, 11) is 0. The van der Waals surface area contributed by atoms with Crippen LogP contribution in [-0.4, -0.2) is 27.4 Å². The maximum Gasteiger partial charge on any atom is 0.226 e. The van der Waals surface area contributed by atoms with E-state index in [2.05, 4.69) is 46.5 Å². The van der Waals surface area contributed by atoms with Gasteiger partial charge in [-0.15, -0.1) is 11.3 Å². The molecule has 0 spiro atoms. The van der Waals surface area contributed by atoms with Crippen LogP contribution < -0.4 is 10.6 Å². The van der Waals surface area contributed by atoms with Crippen molar-refractivity contribution in [3.8, 4) is 0 Å². The first-order valence-electron chi connectivity index (χ1n) is 10.5. The Labute approximate surface area is 192 Å². The fourth-order valence-corrected chi connectivity index (χ4v) is 5.31. The predicted octanol–water partition coefficient (Wildman–Crippen LogP) is 5.02. The van der Waals surface area contributed by atoms with Crippen molar-refractivity contribution >= 4 is 40.3 Å².